The van der Waals surface area contributed by atoms with E-state index < -0.39 is 6.00 Å². The third-order valence-electron chi connectivity index (χ3n) is 1.76. The van der Waals surface area contributed by atoms with E-state index in [0.29, 0.717) is 34.9 Å². The fourth-order valence-electron chi connectivity index (χ4n) is 1.05. The van der Waals surface area contributed by atoms with Gasteiger partial charge in [-0.2, -0.15) is 0 Å². The van der Waals surface area contributed by atoms with Gasteiger partial charge < -0.3 is 4.74 Å². The van der Waals surface area contributed by atoms with Gasteiger partial charge in [-0.1, -0.05) is 23.2 Å². The molecule has 0 aliphatic carbocycles. The summed E-state index contributed by atoms with van der Waals surface area (Å²) in [5.74, 6) is 0.594. The van der Waals surface area contributed by atoms with Crippen molar-refractivity contribution in [1.82, 2.24) is 0 Å². The summed E-state index contributed by atoms with van der Waals surface area (Å²) in [7, 11) is 0. The number of rotatable bonds is 5. The average molecular weight is 339 g/mol. The predicted octanol–water partition coefficient (Wildman–Crippen LogP) is 5.42. The van der Waals surface area contributed by atoms with Gasteiger partial charge in [0.05, 0.1) is 11.6 Å². The molecule has 1 aromatic carbocycles. The second-order valence-electron chi connectivity index (χ2n) is 3.14. The summed E-state index contributed by atoms with van der Waals surface area (Å²) in [5.41, 5.74) is 0. The molecule has 7 heteroatoms. The third-order valence-corrected chi connectivity index (χ3v) is 4.91. The Morgan fingerprint density at radius 3 is 2.38 bits per heavy atom. The highest BCUT2D eigenvalue weighted by atomic mass is 35.8. The van der Waals surface area contributed by atoms with Gasteiger partial charge in [0.15, 0.2) is 0 Å². The van der Waals surface area contributed by atoms with Crippen LogP contribution in [0, 0.1) is 0 Å². The molecule has 0 aliphatic rings. The van der Waals surface area contributed by atoms with E-state index in [9.17, 15) is 0 Å². The van der Waals surface area contributed by atoms with Crippen LogP contribution in [0.5, 0.6) is 5.75 Å². The number of halogens is 5. The SMILES string of the molecule is Clc1ccc(OCCC[Si](Cl)(Cl)Cl)c(Cl)c1. The van der Waals surface area contributed by atoms with Gasteiger partial charge in [0, 0.05) is 5.02 Å². The molecule has 0 fully saturated rings. The van der Waals surface area contributed by atoms with Crippen LogP contribution in [0.4, 0.5) is 0 Å². The van der Waals surface area contributed by atoms with Crippen LogP contribution in [0.1, 0.15) is 6.42 Å². The minimum atomic E-state index is -2.54. The lowest BCUT2D eigenvalue weighted by Gasteiger charge is -2.10. The predicted molar refractivity (Wildman–Crippen MR) is 74.7 cm³/mol. The van der Waals surface area contributed by atoms with Gasteiger partial charge >= 0.3 is 6.00 Å². The molecule has 0 bridgehead atoms. The minimum Gasteiger partial charge on any atom is -0.492 e. The number of ether oxygens (including phenoxy) is 1. The molecular weight excluding hydrogens is 329 g/mol. The van der Waals surface area contributed by atoms with Gasteiger partial charge in [-0.05, 0) is 30.7 Å². The fraction of sp³-hybridized carbons (Fsp3) is 0.333. The van der Waals surface area contributed by atoms with Crippen LogP contribution in [-0.4, -0.2) is 12.6 Å². The number of benzene rings is 1. The summed E-state index contributed by atoms with van der Waals surface area (Å²) in [4.78, 5) is 0. The van der Waals surface area contributed by atoms with E-state index in [1.165, 1.54) is 0 Å². The Balaban J connectivity index is 2.38. The van der Waals surface area contributed by atoms with Gasteiger partial charge in [0.2, 0.25) is 0 Å². The second-order valence-corrected chi connectivity index (χ2v) is 13.3. The minimum absolute atomic E-state index is 0.474. The van der Waals surface area contributed by atoms with Crippen LogP contribution in [0.15, 0.2) is 18.2 Å². The van der Waals surface area contributed by atoms with Gasteiger partial charge in [-0.25, -0.2) is 0 Å². The first kappa shape index (κ1) is 14.7. The van der Waals surface area contributed by atoms with Gasteiger partial charge in [0.25, 0.3) is 0 Å². The Kier molecular flexibility index (Phi) is 6.06. The molecule has 0 heterocycles. The molecule has 0 aromatic heterocycles. The molecular formula is C9H9Cl5OSi. The average Bonchev–Trinajstić information content (AvgIpc) is 2.13. The molecule has 0 unspecified atom stereocenters. The zero-order chi connectivity index (χ0) is 12.2. The lowest BCUT2D eigenvalue weighted by Crippen LogP contribution is -2.10. The molecule has 90 valence electrons. The maximum Gasteiger partial charge on any atom is 0.341 e. The van der Waals surface area contributed by atoms with Crippen molar-refractivity contribution in [3.05, 3.63) is 28.2 Å². The van der Waals surface area contributed by atoms with Crippen LogP contribution in [0.25, 0.3) is 0 Å². The van der Waals surface area contributed by atoms with Crippen molar-refractivity contribution >= 4 is 62.4 Å². The van der Waals surface area contributed by atoms with Crippen LogP contribution >= 0.6 is 56.4 Å². The summed E-state index contributed by atoms with van der Waals surface area (Å²) < 4.78 is 5.44. The first-order valence-electron chi connectivity index (χ1n) is 4.53. The molecule has 0 radical (unpaired) electrons. The summed E-state index contributed by atoms with van der Waals surface area (Å²) in [6.07, 6.45) is 0.696. The summed E-state index contributed by atoms with van der Waals surface area (Å²) in [5, 5.41) is 1.06. The Hall–Kier alpha value is 0.687. The number of hydrogen-bond acceptors (Lipinski definition) is 1. The summed E-state index contributed by atoms with van der Waals surface area (Å²) in [6, 6.07) is 3.10. The Morgan fingerprint density at radius 2 is 1.81 bits per heavy atom. The molecule has 1 nitrogen and oxygen atoms in total. The van der Waals surface area contributed by atoms with Crippen molar-refractivity contribution in [2.75, 3.05) is 6.61 Å². The molecule has 0 atom stereocenters. The highest BCUT2D eigenvalue weighted by Crippen LogP contribution is 2.29. The van der Waals surface area contributed by atoms with Gasteiger partial charge in [0.1, 0.15) is 5.75 Å². The molecule has 0 amide bonds. The fourth-order valence-corrected chi connectivity index (χ4v) is 3.26. The first-order valence-corrected chi connectivity index (χ1v) is 10.5. The molecule has 1 aromatic rings. The Bertz CT molecular complexity index is 352. The summed E-state index contributed by atoms with van der Waals surface area (Å²) >= 11 is 28.9. The highest BCUT2D eigenvalue weighted by Gasteiger charge is 2.23. The summed E-state index contributed by atoms with van der Waals surface area (Å²) in [6.45, 7) is 0.474. The van der Waals surface area contributed by atoms with E-state index in [1.807, 2.05) is 0 Å². The smallest absolute Gasteiger partial charge is 0.341 e. The zero-order valence-electron chi connectivity index (χ0n) is 8.15. The van der Waals surface area contributed by atoms with Gasteiger partial charge in [-0.15, -0.1) is 33.2 Å². The highest BCUT2D eigenvalue weighted by molar-refractivity contribution is 7.64. The Labute approximate surface area is 120 Å². The third kappa shape index (κ3) is 5.85. The standard InChI is InChI=1S/C9H9Cl5OSi/c10-7-2-3-9(8(11)6-7)15-4-1-5-16(12,13)14/h2-3,6H,1,4-5H2. The van der Waals surface area contributed by atoms with E-state index in [4.69, 9.17) is 61.2 Å². The van der Waals surface area contributed by atoms with Gasteiger partial charge in [-0.3, -0.25) is 0 Å². The number of hydrogen-bond donors (Lipinski definition) is 0. The molecule has 16 heavy (non-hydrogen) atoms. The maximum absolute atomic E-state index is 5.92. The van der Waals surface area contributed by atoms with E-state index >= 15 is 0 Å². The molecule has 0 saturated carbocycles. The monoisotopic (exact) mass is 336 g/mol. The zero-order valence-corrected chi connectivity index (χ0v) is 12.9. The van der Waals surface area contributed by atoms with E-state index in [1.54, 1.807) is 18.2 Å². The van der Waals surface area contributed by atoms with Crippen molar-refractivity contribution in [1.29, 1.82) is 0 Å². The maximum atomic E-state index is 5.92. The first-order chi connectivity index (χ1) is 7.38. The van der Waals surface area contributed by atoms with E-state index in [-0.39, 0.29) is 0 Å². The van der Waals surface area contributed by atoms with Crippen LogP contribution in [0.3, 0.4) is 0 Å². The quantitative estimate of drug-likeness (QED) is 0.396. The van der Waals surface area contributed by atoms with Crippen molar-refractivity contribution < 1.29 is 4.74 Å². The van der Waals surface area contributed by atoms with Crippen molar-refractivity contribution in [2.24, 2.45) is 0 Å². The second kappa shape index (κ2) is 6.57. The van der Waals surface area contributed by atoms with Crippen molar-refractivity contribution in [3.63, 3.8) is 0 Å². The topological polar surface area (TPSA) is 9.23 Å². The molecule has 0 spiro atoms. The van der Waals surface area contributed by atoms with Crippen molar-refractivity contribution in [2.45, 2.75) is 12.5 Å². The molecule has 0 N–H and O–H groups in total. The van der Waals surface area contributed by atoms with Crippen LogP contribution in [-0.2, 0) is 0 Å². The lowest BCUT2D eigenvalue weighted by atomic mass is 10.3. The van der Waals surface area contributed by atoms with E-state index in [0.717, 1.165) is 0 Å². The Morgan fingerprint density at radius 1 is 1.12 bits per heavy atom. The molecule has 1 rings (SSSR count). The largest absolute Gasteiger partial charge is 0.492 e. The normalized spacial score (nSPS) is 11.6. The van der Waals surface area contributed by atoms with Crippen molar-refractivity contribution in [3.8, 4) is 5.75 Å². The molecule has 0 saturated heterocycles. The van der Waals surface area contributed by atoms with E-state index in [2.05, 4.69) is 0 Å². The van der Waals surface area contributed by atoms with Crippen LogP contribution in [0.2, 0.25) is 16.1 Å². The molecule has 0 aliphatic heterocycles. The van der Waals surface area contributed by atoms with Crippen LogP contribution < -0.4 is 4.74 Å². The lowest BCUT2D eigenvalue weighted by molar-refractivity contribution is 0.317.